The van der Waals surface area contributed by atoms with Crippen LogP contribution in [0.25, 0.3) is 0 Å². The van der Waals surface area contributed by atoms with E-state index < -0.39 is 0 Å². The normalized spacial score (nSPS) is 57.3. The van der Waals surface area contributed by atoms with E-state index in [0.717, 1.165) is 331 Å². The minimum absolute atomic E-state index is 0.516. The Hall–Kier alpha value is -3.12. The van der Waals surface area contributed by atoms with Crippen LogP contribution in [0.1, 0.15) is 326 Å². The van der Waals surface area contributed by atoms with E-state index in [2.05, 4.69) is 395 Å². The SMILES string of the molecule is CC1(C)C2C=CC1C1CC=CC12.CC1(C)C2C=CC1C1CC=CCC12.CC1(C)C2C=CC1C1CCC=CC12.CC1(C)C2C=CC1C1CCCC12.CC1(C)C2C=CC1C1CCCCC12.CC1C(C)C2C3C(C1C2(C)C)C1C2C(C4C=CC2C4(C)C)C3C1(C)C.CC1C(C)C2C3C(C4C=CC3C4(C)C)C1C2(C)C.CC1C(C)C2C=CC1C2(C)C.CC1C2C(C(C)C3C1C1C(C)C(C)C3C1(C)C)C1C=CC2C1(C)C. The molecule has 0 N–H and O–H groups in total. The van der Waals surface area contributed by atoms with Crippen molar-refractivity contribution in [3.63, 3.8) is 0 Å². The first-order chi connectivity index (χ1) is 66.0. The van der Waals surface area contributed by atoms with E-state index in [9.17, 15) is 0 Å². The summed E-state index contributed by atoms with van der Waals surface area (Å²) in [6, 6.07) is 0. The molecule has 0 saturated heterocycles. The standard InChI is InChI=1S/C25H38.C24H38.C18H28.C13H20.2C13H18.C12H18.C12H16.C11H18/c1-11-12(2)20-18-17(19(11)24(20,5)6)21-15-13-9-10-14(23(13,3)4)16(15)22(18)25(21,7)8;1-11-12(2)22-20-14(4)18-16-10-9-15(23(16,5)6)17(18)13(3)19(20)21(11)24(22,7)8;1-9-10(2)16-14-12-8-7-11(17(12,3)4)13(14)15(9)18(16,5)6;3*1-13(2)11-7-8-12(13)10-6-4-3-5-9(10)11;2*1-12(2)10-6-7-11(12)9-5-3-4-8(9)10;1-7-8(2)10-6-5-9(7)11(10,3)4/h9-22H,1-8H3;9-22H,1-8H3;7-16H,1-6H3;7-12H,3-6H2,1-2H3;3,5,7-12H,4,6H2,1-2H3;3-4,7-12H,5-6H2,1-2H3;6-11H,3-5H2,1-2H3;3-4,6-11H,5H2,1-2H3;5-10H,1-4H3. The fourth-order valence-electron chi connectivity index (χ4n) is 53.2. The van der Waals surface area contributed by atoms with Gasteiger partial charge in [0.25, 0.3) is 0 Å². The Labute approximate surface area is 867 Å². The molecule has 0 amide bonds. The molecule has 776 valence electrons. The van der Waals surface area contributed by atoms with E-state index >= 15 is 0 Å². The van der Waals surface area contributed by atoms with Gasteiger partial charge in [-0.25, -0.2) is 0 Å². The zero-order valence-electron chi connectivity index (χ0n) is 97.2. The highest BCUT2D eigenvalue weighted by Crippen LogP contribution is 2.88. The summed E-state index contributed by atoms with van der Waals surface area (Å²) < 4.78 is 0. The molecule has 26 bridgehead atoms. The second-order valence-corrected chi connectivity index (χ2v) is 66.5. The highest BCUT2D eigenvalue weighted by molar-refractivity contribution is 5.38. The van der Waals surface area contributed by atoms with Crippen molar-refractivity contribution in [2.24, 2.45) is 402 Å². The van der Waals surface area contributed by atoms with Gasteiger partial charge in [0, 0.05) is 0 Å². The maximum Gasteiger partial charge on any atom is -0.0110 e. The molecule has 0 radical (unpaired) electrons. The first-order valence-corrected chi connectivity index (χ1v) is 62.2. The van der Waals surface area contributed by atoms with Crippen molar-refractivity contribution in [1.29, 1.82) is 0 Å². The molecule has 32 rings (SSSR count). The van der Waals surface area contributed by atoms with E-state index in [1.54, 1.807) is 0 Å². The summed E-state index contributed by atoms with van der Waals surface area (Å²) >= 11 is 0. The summed E-state index contributed by atoms with van der Waals surface area (Å²) in [6.07, 6.45) is 77.4. The Balaban J connectivity index is 0.0000000872. The molecule has 0 aromatic rings. The minimum atomic E-state index is 0.516. The largest absolute Gasteiger partial charge is 0.0882 e. The third-order valence-electron chi connectivity index (χ3n) is 58.5. The Morgan fingerprint density at radius 3 is 0.681 bits per heavy atom. The summed E-state index contributed by atoms with van der Waals surface area (Å²) in [5.41, 5.74) is 7.34. The molecule has 32 aliphatic carbocycles. The average molecular weight is 1910 g/mol. The summed E-state index contributed by atoms with van der Waals surface area (Å²) in [6.45, 7) is 91.5. The van der Waals surface area contributed by atoms with Crippen molar-refractivity contribution < 1.29 is 0 Å². The molecule has 56 atom stereocenters. The van der Waals surface area contributed by atoms with Gasteiger partial charge in [-0.1, -0.05) is 414 Å². The zero-order valence-corrected chi connectivity index (χ0v) is 97.2. The predicted molar refractivity (Wildman–Crippen MR) is 596 cm³/mol. The van der Waals surface area contributed by atoms with Crippen LogP contribution in [0.2, 0.25) is 0 Å². The molecule has 56 unspecified atom stereocenters. The number of hydrogen-bond acceptors (Lipinski definition) is 0. The van der Waals surface area contributed by atoms with Crippen molar-refractivity contribution in [2.75, 3.05) is 0 Å². The Morgan fingerprint density at radius 1 is 0.142 bits per heavy atom. The molecule has 0 aromatic heterocycles. The van der Waals surface area contributed by atoms with Crippen LogP contribution in [-0.4, -0.2) is 0 Å². The summed E-state index contributed by atoms with van der Waals surface area (Å²) in [5.74, 6) is 52.7. The second-order valence-electron chi connectivity index (χ2n) is 66.5. The van der Waals surface area contributed by atoms with Crippen molar-refractivity contribution in [1.82, 2.24) is 0 Å². The first-order valence-electron chi connectivity index (χ1n) is 62.2. The van der Waals surface area contributed by atoms with Gasteiger partial charge in [-0.15, -0.1) is 0 Å². The molecule has 20 saturated carbocycles. The lowest BCUT2D eigenvalue weighted by Gasteiger charge is -2.55. The number of hydrogen-bond donors (Lipinski definition) is 0. The highest BCUT2D eigenvalue weighted by atomic mass is 14.9. The van der Waals surface area contributed by atoms with Gasteiger partial charge >= 0.3 is 0 Å². The molecular formula is C141H212. The summed E-state index contributed by atoms with van der Waals surface area (Å²) in [5, 5.41) is 0. The van der Waals surface area contributed by atoms with Crippen LogP contribution in [0.4, 0.5) is 0 Å². The van der Waals surface area contributed by atoms with Crippen LogP contribution < -0.4 is 0 Å². The van der Waals surface area contributed by atoms with Gasteiger partial charge in [-0.3, -0.25) is 0 Å². The zero-order chi connectivity index (χ0) is 100. The van der Waals surface area contributed by atoms with Gasteiger partial charge in [0.15, 0.2) is 0 Å². The summed E-state index contributed by atoms with van der Waals surface area (Å²) in [7, 11) is 0. The average Bonchev–Trinajstić information content (AvgIpc) is 1.45. The first kappa shape index (κ1) is 99.8. The van der Waals surface area contributed by atoms with Crippen molar-refractivity contribution in [3.05, 3.63) is 146 Å². The molecule has 0 aliphatic heterocycles. The molecule has 0 heterocycles. The fraction of sp³-hybridized carbons (Fsp3) is 0.830. The van der Waals surface area contributed by atoms with E-state index in [1.807, 2.05) is 0 Å². The molecule has 0 spiro atoms. The van der Waals surface area contributed by atoms with Crippen molar-refractivity contribution >= 4 is 0 Å². The maximum atomic E-state index is 2.69. The van der Waals surface area contributed by atoms with E-state index in [-0.39, 0.29) is 0 Å². The van der Waals surface area contributed by atoms with Gasteiger partial charge in [0.2, 0.25) is 0 Å². The Bertz CT molecular complexity index is 4950. The number of allylic oxidation sites excluding steroid dienone is 24. The molecule has 0 heteroatoms. The molecule has 0 aromatic carbocycles. The van der Waals surface area contributed by atoms with Crippen LogP contribution in [0.3, 0.4) is 0 Å². The quantitative estimate of drug-likeness (QED) is 0.168. The van der Waals surface area contributed by atoms with Gasteiger partial charge in [-0.05, 0) is 460 Å². The van der Waals surface area contributed by atoms with Gasteiger partial charge in [-0.2, -0.15) is 0 Å². The van der Waals surface area contributed by atoms with Crippen LogP contribution in [0.5, 0.6) is 0 Å². The molecule has 0 nitrogen and oxygen atoms in total. The van der Waals surface area contributed by atoms with Crippen molar-refractivity contribution in [2.45, 2.75) is 326 Å². The monoisotopic (exact) mass is 1910 g/mol. The van der Waals surface area contributed by atoms with Crippen LogP contribution in [0.15, 0.2) is 146 Å². The number of rotatable bonds is 0. The van der Waals surface area contributed by atoms with Crippen LogP contribution in [0, 0.1) is 402 Å². The van der Waals surface area contributed by atoms with Gasteiger partial charge < -0.3 is 0 Å². The lowest BCUT2D eigenvalue weighted by molar-refractivity contribution is -0.0650. The Kier molecular flexibility index (Phi) is 23.0. The molecular weight excluding hydrogens is 1690 g/mol. The third kappa shape index (κ3) is 12.9. The Morgan fingerprint density at radius 2 is 0.362 bits per heavy atom. The van der Waals surface area contributed by atoms with Crippen LogP contribution >= 0.6 is 0 Å². The molecule has 32 aliphatic rings. The second kappa shape index (κ2) is 32.5. The predicted octanol–water partition coefficient (Wildman–Crippen LogP) is 36.7. The van der Waals surface area contributed by atoms with Crippen LogP contribution in [-0.2, 0) is 0 Å². The molecule has 141 heavy (non-hydrogen) atoms. The van der Waals surface area contributed by atoms with E-state index in [1.165, 1.54) is 77.0 Å². The lowest BCUT2D eigenvalue weighted by Crippen LogP contribution is -2.50. The van der Waals surface area contributed by atoms with E-state index in [0.29, 0.717) is 70.4 Å². The third-order valence-corrected chi connectivity index (χ3v) is 58.5. The van der Waals surface area contributed by atoms with E-state index in [4.69, 9.17) is 0 Å². The molecule has 20 fully saturated rings. The summed E-state index contributed by atoms with van der Waals surface area (Å²) in [4.78, 5) is 0. The lowest BCUT2D eigenvalue weighted by atomic mass is 9.50. The number of fused-ring (bicyclic) bond motifs is 62. The fourth-order valence-corrected chi connectivity index (χ4v) is 53.2. The maximum absolute atomic E-state index is 2.69. The topological polar surface area (TPSA) is 0 Å². The van der Waals surface area contributed by atoms with Gasteiger partial charge in [0.05, 0.1) is 0 Å². The van der Waals surface area contributed by atoms with Gasteiger partial charge in [0.1, 0.15) is 0 Å². The smallest absolute Gasteiger partial charge is 0.0110 e. The highest BCUT2D eigenvalue weighted by Gasteiger charge is 2.83. The minimum Gasteiger partial charge on any atom is -0.0882 e. The van der Waals surface area contributed by atoms with Crippen molar-refractivity contribution in [3.8, 4) is 0 Å².